The first-order valence-corrected chi connectivity index (χ1v) is 4.31. The molecular weight excluding hydrogens is 211 g/mol. The molecule has 0 bridgehead atoms. The molecule has 0 spiro atoms. The Kier molecular flexibility index (Phi) is 3.68. The van der Waals surface area contributed by atoms with Gasteiger partial charge in [-0.3, -0.25) is 9.78 Å². The van der Waals surface area contributed by atoms with Gasteiger partial charge in [0.25, 0.3) is 5.56 Å². The van der Waals surface area contributed by atoms with Gasteiger partial charge in [0.05, 0.1) is 0 Å². The Labute approximate surface area is 80.6 Å². The van der Waals surface area contributed by atoms with Crippen LogP contribution in [0.3, 0.4) is 0 Å². The molecule has 6 nitrogen and oxygen atoms in total. The van der Waals surface area contributed by atoms with Crippen LogP contribution in [-0.2, 0) is 0 Å². The Morgan fingerprint density at radius 3 is 2.36 bits per heavy atom. The van der Waals surface area contributed by atoms with Crippen molar-refractivity contribution in [3.63, 3.8) is 0 Å². The van der Waals surface area contributed by atoms with E-state index in [1.807, 2.05) is 0 Å². The van der Waals surface area contributed by atoms with Crippen molar-refractivity contribution < 1.29 is 4.48 Å². The van der Waals surface area contributed by atoms with E-state index in [1.54, 1.807) is 16.0 Å². The number of hydrogen-bond acceptors (Lipinski definition) is 5. The highest BCUT2D eigenvalue weighted by Gasteiger charge is 1.89. The number of nitrogens with one attached hydrogen (secondary N) is 1. The molecule has 74 valence electrons. The minimum atomic E-state index is -1.05. The molecule has 0 fully saturated rings. The summed E-state index contributed by atoms with van der Waals surface area (Å²) in [7, 11) is 0. The number of rotatable bonds is 0. The van der Waals surface area contributed by atoms with Crippen LogP contribution in [0.5, 0.6) is 0 Å². The summed E-state index contributed by atoms with van der Waals surface area (Å²) in [4.78, 5) is 21.9. The highest BCUT2D eigenvalue weighted by Crippen LogP contribution is 1.80. The third-order valence-corrected chi connectivity index (χ3v) is 1.50. The van der Waals surface area contributed by atoms with E-state index >= 15 is 0 Å². The van der Waals surface area contributed by atoms with Crippen LogP contribution >= 0.6 is 11.3 Å². The fraction of sp³-hybridized carbons (Fsp3) is 0. The number of H-pyrrole nitrogens is 1. The Hall–Kier alpha value is -1.83. The summed E-state index contributed by atoms with van der Waals surface area (Å²) < 4.78 is 11.9. The molecule has 0 amide bonds. The molecule has 0 saturated heterocycles. The van der Waals surface area contributed by atoms with Crippen molar-refractivity contribution in [1.29, 1.82) is 0 Å². The molecule has 2 heterocycles. The van der Waals surface area contributed by atoms with Crippen LogP contribution in [0.4, 0.5) is 4.48 Å². The van der Waals surface area contributed by atoms with E-state index in [0.717, 1.165) is 12.3 Å². The van der Waals surface area contributed by atoms with Crippen LogP contribution in [0.1, 0.15) is 0 Å². The number of nitrogens with zero attached hydrogens (tertiary/aromatic N) is 3. The summed E-state index contributed by atoms with van der Waals surface area (Å²) in [5, 5.41) is 6.98. The summed E-state index contributed by atoms with van der Waals surface area (Å²) >= 11 is 1.49. The van der Waals surface area contributed by atoms with Crippen molar-refractivity contribution in [2.75, 3.05) is 0 Å². The molecule has 0 saturated carbocycles. The van der Waals surface area contributed by atoms with Crippen molar-refractivity contribution in [1.82, 2.24) is 20.0 Å². The molecule has 0 aliphatic heterocycles. The van der Waals surface area contributed by atoms with Crippen molar-refractivity contribution in [2.24, 2.45) is 0 Å². The Morgan fingerprint density at radius 1 is 1.36 bits per heavy atom. The van der Waals surface area contributed by atoms with Crippen molar-refractivity contribution >= 4 is 11.3 Å². The minimum absolute atomic E-state index is 0.207. The first-order chi connectivity index (χ1) is 6.70. The van der Waals surface area contributed by atoms with E-state index in [1.165, 1.54) is 11.3 Å². The van der Waals surface area contributed by atoms with Crippen molar-refractivity contribution in [3.05, 3.63) is 44.1 Å². The van der Waals surface area contributed by atoms with Gasteiger partial charge in [-0.05, 0) is 0 Å². The molecule has 0 atom stereocenters. The number of halogens is 1. The maximum absolute atomic E-state index is 11.9. The van der Waals surface area contributed by atoms with Crippen molar-refractivity contribution in [3.8, 4) is 0 Å². The number of hydrogen-bond donors (Lipinski definition) is 1. The summed E-state index contributed by atoms with van der Waals surface area (Å²) in [5.41, 5.74) is 1.70. The zero-order chi connectivity index (χ0) is 10.4. The third kappa shape index (κ3) is 3.27. The standard InChI is InChI=1S/C4H3FN2O2.C2H2N2S/c5-7-2-1-3(8)6-4(7)9;1-3-4-2-5-1/h1-2H,(H,6,8,9);1-2H. The molecule has 2 aromatic rings. The summed E-state index contributed by atoms with van der Waals surface area (Å²) in [6, 6.07) is 0.918. The molecule has 0 radical (unpaired) electrons. The maximum atomic E-state index is 11.9. The highest BCUT2D eigenvalue weighted by molar-refractivity contribution is 7.07. The molecular formula is C6H5FN4O2S. The minimum Gasteiger partial charge on any atom is -0.272 e. The van der Waals surface area contributed by atoms with Gasteiger partial charge in [0.15, 0.2) is 0 Å². The molecule has 2 rings (SSSR count). The zero-order valence-corrected chi connectivity index (χ0v) is 7.57. The van der Waals surface area contributed by atoms with E-state index in [0.29, 0.717) is 0 Å². The molecule has 8 heteroatoms. The SMILES string of the molecule is O=c1ccn(F)c(=O)[nH]1.c1nncs1. The lowest BCUT2D eigenvalue weighted by Crippen LogP contribution is -2.24. The normalized spacial score (nSPS) is 8.93. The van der Waals surface area contributed by atoms with E-state index in [4.69, 9.17) is 0 Å². The molecule has 1 N–H and O–H groups in total. The molecule has 0 unspecified atom stereocenters. The topological polar surface area (TPSA) is 80.6 Å². The second-order valence-electron chi connectivity index (χ2n) is 2.00. The highest BCUT2D eigenvalue weighted by atomic mass is 32.1. The van der Waals surface area contributed by atoms with E-state index in [9.17, 15) is 14.1 Å². The molecule has 0 aliphatic carbocycles. The van der Waals surface area contributed by atoms with E-state index < -0.39 is 11.2 Å². The van der Waals surface area contributed by atoms with Crippen LogP contribution < -0.4 is 11.2 Å². The average Bonchev–Trinajstić information content (AvgIpc) is 2.69. The van der Waals surface area contributed by atoms with Crippen LogP contribution in [0.15, 0.2) is 32.9 Å². The monoisotopic (exact) mass is 216 g/mol. The van der Waals surface area contributed by atoms with Gasteiger partial charge in [-0.25, -0.2) is 4.79 Å². The van der Waals surface area contributed by atoms with Gasteiger partial charge in [0.1, 0.15) is 11.0 Å². The second-order valence-corrected chi connectivity index (χ2v) is 2.69. The third-order valence-electron chi connectivity index (χ3n) is 1.06. The quantitative estimate of drug-likeness (QED) is 0.661. The lowest BCUT2D eigenvalue weighted by atomic mass is 10.7. The maximum Gasteiger partial charge on any atom is 0.356 e. The largest absolute Gasteiger partial charge is 0.356 e. The Morgan fingerprint density at radius 2 is 2.00 bits per heavy atom. The number of aromatic amines is 1. The molecule has 14 heavy (non-hydrogen) atoms. The molecule has 0 aromatic carbocycles. The fourth-order valence-corrected chi connectivity index (χ4v) is 0.810. The first kappa shape index (κ1) is 10.3. The van der Waals surface area contributed by atoms with Gasteiger partial charge in [0, 0.05) is 12.3 Å². The van der Waals surface area contributed by atoms with Gasteiger partial charge in [-0.15, -0.1) is 26.3 Å². The van der Waals surface area contributed by atoms with Crippen LogP contribution in [0.25, 0.3) is 0 Å². The average molecular weight is 216 g/mol. The molecule has 2 aromatic heterocycles. The Balaban J connectivity index is 0.000000165. The predicted octanol–water partition coefficient (Wildman–Crippen LogP) is -0.193. The Bertz CT molecular complexity index is 460. The summed E-state index contributed by atoms with van der Waals surface area (Å²) in [6.45, 7) is 0. The zero-order valence-electron chi connectivity index (χ0n) is 6.75. The fourth-order valence-electron chi connectivity index (χ4n) is 0.537. The van der Waals surface area contributed by atoms with Gasteiger partial charge < -0.3 is 0 Å². The van der Waals surface area contributed by atoms with E-state index in [-0.39, 0.29) is 4.79 Å². The van der Waals surface area contributed by atoms with Gasteiger partial charge in [-0.1, -0.05) is 4.48 Å². The first-order valence-electron chi connectivity index (χ1n) is 3.37. The van der Waals surface area contributed by atoms with Gasteiger partial charge in [-0.2, -0.15) is 0 Å². The lowest BCUT2D eigenvalue weighted by Gasteiger charge is -1.84. The number of aromatic nitrogens is 4. The lowest BCUT2D eigenvalue weighted by molar-refractivity contribution is 0.343. The van der Waals surface area contributed by atoms with Crippen LogP contribution in [0, 0.1) is 0 Å². The molecule has 0 aliphatic rings. The smallest absolute Gasteiger partial charge is 0.272 e. The van der Waals surface area contributed by atoms with E-state index in [2.05, 4.69) is 10.2 Å². The van der Waals surface area contributed by atoms with Gasteiger partial charge in [0.2, 0.25) is 0 Å². The van der Waals surface area contributed by atoms with Crippen LogP contribution in [0.2, 0.25) is 0 Å². The second kappa shape index (κ2) is 5.02. The summed E-state index contributed by atoms with van der Waals surface area (Å²) in [6.07, 6.45) is 0.751. The van der Waals surface area contributed by atoms with Crippen LogP contribution in [-0.4, -0.2) is 20.0 Å². The van der Waals surface area contributed by atoms with Gasteiger partial charge >= 0.3 is 5.69 Å². The summed E-state index contributed by atoms with van der Waals surface area (Å²) in [5.74, 6) is 0. The van der Waals surface area contributed by atoms with Crippen molar-refractivity contribution in [2.45, 2.75) is 0 Å². The predicted molar refractivity (Wildman–Crippen MR) is 47.7 cm³/mol.